The molecular weight excluding hydrogens is 332 g/mol. The molecule has 3 rings (SSSR count). The summed E-state index contributed by atoms with van der Waals surface area (Å²) in [5.41, 5.74) is 2.90. The summed E-state index contributed by atoms with van der Waals surface area (Å²) in [6.45, 7) is 4.55. The maximum atomic E-state index is 12.5. The van der Waals surface area contributed by atoms with Gasteiger partial charge in [0.2, 0.25) is 0 Å². The van der Waals surface area contributed by atoms with Crippen LogP contribution in [0.15, 0.2) is 60.1 Å². The molecule has 1 amide bonds. The molecule has 2 aromatic heterocycles. The molecule has 0 aliphatic heterocycles. The van der Waals surface area contributed by atoms with Gasteiger partial charge in [-0.2, -0.15) is 0 Å². The number of nitrogens with one attached hydrogen (secondary N) is 1. The Hall–Kier alpha value is -2.37. The summed E-state index contributed by atoms with van der Waals surface area (Å²) in [5.74, 6) is -0.0556. The lowest BCUT2D eigenvalue weighted by molar-refractivity contribution is 0.0942. The van der Waals surface area contributed by atoms with Gasteiger partial charge in [0.05, 0.1) is 13.2 Å². The van der Waals surface area contributed by atoms with E-state index in [4.69, 9.17) is 4.74 Å². The third-order valence-electron chi connectivity index (χ3n) is 3.92. The van der Waals surface area contributed by atoms with Crippen molar-refractivity contribution in [3.05, 3.63) is 81.8 Å². The molecular formula is C20H22N2O2S. The molecule has 1 N–H and O–H groups in total. The van der Waals surface area contributed by atoms with Gasteiger partial charge in [-0.05, 0) is 41.6 Å². The number of rotatable bonds is 8. The predicted molar refractivity (Wildman–Crippen MR) is 101 cm³/mol. The Morgan fingerprint density at radius 3 is 2.64 bits per heavy atom. The Balaban J connectivity index is 1.57. The topological polar surface area (TPSA) is 43.3 Å². The number of nitrogens with zero attached hydrogens (tertiary/aromatic N) is 1. The fourth-order valence-corrected chi connectivity index (χ4v) is 3.28. The Kier molecular flexibility index (Phi) is 6.04. The molecule has 0 saturated carbocycles. The fourth-order valence-electron chi connectivity index (χ4n) is 2.57. The van der Waals surface area contributed by atoms with Crippen LogP contribution in [0.25, 0.3) is 0 Å². The molecule has 2 heterocycles. The highest BCUT2D eigenvalue weighted by molar-refractivity contribution is 7.09. The first-order valence-electron chi connectivity index (χ1n) is 8.37. The first kappa shape index (κ1) is 17.5. The van der Waals surface area contributed by atoms with Crippen molar-refractivity contribution in [3.63, 3.8) is 0 Å². The van der Waals surface area contributed by atoms with Gasteiger partial charge in [-0.25, -0.2) is 0 Å². The zero-order valence-corrected chi connectivity index (χ0v) is 15.1. The van der Waals surface area contributed by atoms with E-state index in [2.05, 4.69) is 11.4 Å². The summed E-state index contributed by atoms with van der Waals surface area (Å²) in [6, 6.07) is 16.0. The number of ether oxygens (including phenoxy) is 1. The van der Waals surface area contributed by atoms with Crippen LogP contribution >= 0.6 is 11.3 Å². The Bertz CT molecular complexity index is 791. The minimum absolute atomic E-state index is 0.0556. The van der Waals surface area contributed by atoms with Crippen molar-refractivity contribution in [3.8, 4) is 0 Å². The number of aromatic nitrogens is 1. The van der Waals surface area contributed by atoms with E-state index < -0.39 is 0 Å². The summed E-state index contributed by atoms with van der Waals surface area (Å²) in [6.07, 6.45) is 1.94. The van der Waals surface area contributed by atoms with Gasteiger partial charge in [0.1, 0.15) is 5.69 Å². The Morgan fingerprint density at radius 1 is 1.12 bits per heavy atom. The van der Waals surface area contributed by atoms with Gasteiger partial charge >= 0.3 is 0 Å². The quantitative estimate of drug-likeness (QED) is 0.663. The predicted octanol–water partition coefficient (Wildman–Crippen LogP) is 4.06. The van der Waals surface area contributed by atoms with Crippen LogP contribution in [0.1, 0.15) is 33.4 Å². The van der Waals surface area contributed by atoms with E-state index in [0.29, 0.717) is 25.5 Å². The van der Waals surface area contributed by atoms with Gasteiger partial charge in [-0.15, -0.1) is 11.3 Å². The van der Waals surface area contributed by atoms with E-state index in [-0.39, 0.29) is 5.91 Å². The molecule has 5 heteroatoms. The third-order valence-corrected chi connectivity index (χ3v) is 4.78. The van der Waals surface area contributed by atoms with Gasteiger partial charge < -0.3 is 14.6 Å². The number of amides is 1. The number of carbonyl (C=O) groups is 1. The first-order chi connectivity index (χ1) is 12.3. The molecule has 0 fully saturated rings. The minimum Gasteiger partial charge on any atom is -0.377 e. The fraction of sp³-hybridized carbons (Fsp3) is 0.250. The van der Waals surface area contributed by atoms with Crippen molar-refractivity contribution in [2.45, 2.75) is 26.6 Å². The minimum atomic E-state index is -0.0556. The molecule has 0 spiro atoms. The molecule has 4 nitrogen and oxygen atoms in total. The zero-order chi connectivity index (χ0) is 17.5. The maximum Gasteiger partial charge on any atom is 0.268 e. The molecule has 0 unspecified atom stereocenters. The molecule has 130 valence electrons. The smallest absolute Gasteiger partial charge is 0.268 e. The summed E-state index contributed by atoms with van der Waals surface area (Å²) >= 11 is 1.70. The van der Waals surface area contributed by atoms with Crippen LogP contribution in [0.5, 0.6) is 0 Å². The van der Waals surface area contributed by atoms with E-state index in [9.17, 15) is 4.79 Å². The molecule has 0 aliphatic carbocycles. The van der Waals surface area contributed by atoms with Crippen LogP contribution in [0, 0.1) is 0 Å². The largest absolute Gasteiger partial charge is 0.377 e. The van der Waals surface area contributed by atoms with Crippen molar-refractivity contribution < 1.29 is 9.53 Å². The number of benzene rings is 1. The summed E-state index contributed by atoms with van der Waals surface area (Å²) in [7, 11) is 0. The monoisotopic (exact) mass is 354 g/mol. The number of carbonyl (C=O) groups excluding carboxylic acids is 1. The lowest BCUT2D eigenvalue weighted by atomic mass is 10.1. The Morgan fingerprint density at radius 2 is 1.92 bits per heavy atom. The van der Waals surface area contributed by atoms with Crippen molar-refractivity contribution >= 4 is 17.2 Å². The lowest BCUT2D eigenvalue weighted by Crippen LogP contribution is -2.25. The highest BCUT2D eigenvalue weighted by Crippen LogP contribution is 2.13. The van der Waals surface area contributed by atoms with Crippen LogP contribution in [0.2, 0.25) is 0 Å². The number of hydrogen-bond donors (Lipinski definition) is 1. The lowest BCUT2D eigenvalue weighted by Gasteiger charge is -2.10. The number of hydrogen-bond acceptors (Lipinski definition) is 3. The highest BCUT2D eigenvalue weighted by Gasteiger charge is 2.11. The summed E-state index contributed by atoms with van der Waals surface area (Å²) in [4.78, 5) is 13.7. The number of thiophene rings is 1. The van der Waals surface area contributed by atoms with E-state index in [1.165, 1.54) is 4.88 Å². The van der Waals surface area contributed by atoms with Crippen molar-refractivity contribution in [2.75, 3.05) is 6.61 Å². The second-order valence-corrected chi connectivity index (χ2v) is 6.77. The van der Waals surface area contributed by atoms with E-state index in [1.807, 2.05) is 65.5 Å². The standard InChI is InChI=1S/C20H22N2O2S/c1-2-24-15-17-9-7-16(8-10-17)13-21-20(23)19-6-3-11-22(19)14-18-5-4-12-25-18/h3-12H,2,13-15H2,1H3,(H,21,23). The van der Waals surface area contributed by atoms with Crippen LogP contribution < -0.4 is 5.32 Å². The van der Waals surface area contributed by atoms with Gasteiger partial charge in [-0.1, -0.05) is 30.3 Å². The summed E-state index contributed by atoms with van der Waals surface area (Å²) in [5, 5.41) is 5.05. The highest BCUT2D eigenvalue weighted by atomic mass is 32.1. The average Bonchev–Trinajstić information content (AvgIpc) is 3.31. The van der Waals surface area contributed by atoms with Gasteiger partial charge in [0, 0.05) is 24.2 Å². The normalized spacial score (nSPS) is 10.8. The SMILES string of the molecule is CCOCc1ccc(CNC(=O)c2cccn2Cc2cccs2)cc1. The van der Waals surface area contributed by atoms with Crippen LogP contribution in [-0.2, 0) is 24.4 Å². The van der Waals surface area contributed by atoms with Gasteiger partial charge in [0.25, 0.3) is 5.91 Å². The molecule has 0 aliphatic rings. The Labute approximate surface area is 152 Å². The van der Waals surface area contributed by atoms with Gasteiger partial charge in [-0.3, -0.25) is 4.79 Å². The molecule has 0 saturated heterocycles. The first-order valence-corrected chi connectivity index (χ1v) is 9.25. The van der Waals surface area contributed by atoms with Crippen LogP contribution in [-0.4, -0.2) is 17.1 Å². The molecule has 0 atom stereocenters. The third kappa shape index (κ3) is 4.81. The van der Waals surface area contributed by atoms with Gasteiger partial charge in [0.15, 0.2) is 0 Å². The van der Waals surface area contributed by atoms with E-state index >= 15 is 0 Å². The second kappa shape index (κ2) is 8.65. The zero-order valence-electron chi connectivity index (χ0n) is 14.3. The maximum absolute atomic E-state index is 12.5. The van der Waals surface area contributed by atoms with Crippen molar-refractivity contribution in [1.82, 2.24) is 9.88 Å². The molecule has 0 radical (unpaired) electrons. The summed E-state index contributed by atoms with van der Waals surface area (Å²) < 4.78 is 7.37. The molecule has 3 aromatic rings. The molecule has 0 bridgehead atoms. The second-order valence-electron chi connectivity index (χ2n) is 5.74. The average molecular weight is 354 g/mol. The molecule has 1 aromatic carbocycles. The van der Waals surface area contributed by atoms with E-state index in [1.54, 1.807) is 11.3 Å². The van der Waals surface area contributed by atoms with Crippen LogP contribution in [0.4, 0.5) is 0 Å². The molecule has 25 heavy (non-hydrogen) atoms. The van der Waals surface area contributed by atoms with Crippen molar-refractivity contribution in [2.24, 2.45) is 0 Å². The van der Waals surface area contributed by atoms with Crippen LogP contribution in [0.3, 0.4) is 0 Å². The van der Waals surface area contributed by atoms with E-state index in [0.717, 1.165) is 17.7 Å². The van der Waals surface area contributed by atoms with Crippen molar-refractivity contribution in [1.29, 1.82) is 0 Å².